The lowest BCUT2D eigenvalue weighted by molar-refractivity contribution is 0.547. The van der Waals surface area contributed by atoms with Gasteiger partial charge in [0.05, 0.1) is 6.04 Å². The van der Waals surface area contributed by atoms with E-state index in [0.717, 1.165) is 13.1 Å². The molecular weight excluding hydrogens is 256 g/mol. The second-order valence-corrected chi connectivity index (χ2v) is 5.63. The molecule has 0 aromatic heterocycles. The van der Waals surface area contributed by atoms with Crippen LogP contribution in [0, 0.1) is 13.8 Å². The van der Waals surface area contributed by atoms with Gasteiger partial charge in [-0.05, 0) is 43.1 Å². The van der Waals surface area contributed by atoms with Crippen LogP contribution in [0.4, 0.5) is 5.69 Å². The first-order valence-electron chi connectivity index (χ1n) is 7.69. The van der Waals surface area contributed by atoms with Crippen molar-refractivity contribution in [2.75, 3.05) is 25.0 Å². The maximum atomic E-state index is 3.62. The molecule has 2 heteroatoms. The number of para-hydroxylation sites is 1. The number of aryl methyl sites for hydroxylation is 2. The number of anilines is 1. The quantitative estimate of drug-likeness (QED) is 0.858. The monoisotopic (exact) mass is 282 g/mol. The standard InChI is InChI=1S/C19H26N2/c1-5-20-18(17-12-8-6-10-15(17)2)14-21(4)19-13-9-7-11-16(19)3/h6-13,18,20H,5,14H2,1-4H3. The Morgan fingerprint density at radius 3 is 2.19 bits per heavy atom. The van der Waals surface area contributed by atoms with Gasteiger partial charge in [-0.25, -0.2) is 0 Å². The molecule has 112 valence electrons. The highest BCUT2D eigenvalue weighted by Gasteiger charge is 2.15. The van der Waals surface area contributed by atoms with Crippen LogP contribution in [0.15, 0.2) is 48.5 Å². The minimum absolute atomic E-state index is 0.348. The Hall–Kier alpha value is -1.80. The van der Waals surface area contributed by atoms with Crippen LogP contribution in [0.1, 0.15) is 29.7 Å². The van der Waals surface area contributed by atoms with E-state index in [1.54, 1.807) is 0 Å². The van der Waals surface area contributed by atoms with Gasteiger partial charge >= 0.3 is 0 Å². The Morgan fingerprint density at radius 2 is 1.57 bits per heavy atom. The zero-order chi connectivity index (χ0) is 15.2. The minimum atomic E-state index is 0.348. The Kier molecular flexibility index (Phi) is 5.40. The van der Waals surface area contributed by atoms with E-state index in [4.69, 9.17) is 0 Å². The largest absolute Gasteiger partial charge is 0.372 e. The fraction of sp³-hybridized carbons (Fsp3) is 0.368. The van der Waals surface area contributed by atoms with Gasteiger partial charge in [0, 0.05) is 19.3 Å². The molecule has 2 aromatic carbocycles. The summed E-state index contributed by atoms with van der Waals surface area (Å²) in [6, 6.07) is 17.6. The van der Waals surface area contributed by atoms with Crippen molar-refractivity contribution in [2.24, 2.45) is 0 Å². The number of likely N-dealkylation sites (N-methyl/N-ethyl adjacent to an activating group) is 2. The fourth-order valence-corrected chi connectivity index (χ4v) is 2.86. The fourth-order valence-electron chi connectivity index (χ4n) is 2.86. The van der Waals surface area contributed by atoms with Gasteiger partial charge in [-0.3, -0.25) is 0 Å². The summed E-state index contributed by atoms with van der Waals surface area (Å²) in [6.45, 7) is 8.46. The van der Waals surface area contributed by atoms with Crippen LogP contribution in [0.25, 0.3) is 0 Å². The first-order valence-corrected chi connectivity index (χ1v) is 7.69. The zero-order valence-corrected chi connectivity index (χ0v) is 13.6. The molecule has 1 unspecified atom stereocenters. The molecule has 0 aliphatic heterocycles. The second kappa shape index (κ2) is 7.28. The zero-order valence-electron chi connectivity index (χ0n) is 13.6. The van der Waals surface area contributed by atoms with Crippen LogP contribution in [0.5, 0.6) is 0 Å². The van der Waals surface area contributed by atoms with E-state index < -0.39 is 0 Å². The smallest absolute Gasteiger partial charge is 0.0500 e. The van der Waals surface area contributed by atoms with Gasteiger partial charge in [-0.2, -0.15) is 0 Å². The molecule has 0 aliphatic rings. The van der Waals surface area contributed by atoms with Crippen LogP contribution in [0.2, 0.25) is 0 Å². The number of benzene rings is 2. The molecule has 21 heavy (non-hydrogen) atoms. The maximum absolute atomic E-state index is 3.62. The van der Waals surface area contributed by atoms with Crippen LogP contribution >= 0.6 is 0 Å². The summed E-state index contributed by atoms with van der Waals surface area (Å²) in [5.74, 6) is 0. The normalized spacial score (nSPS) is 12.2. The van der Waals surface area contributed by atoms with Gasteiger partial charge < -0.3 is 10.2 Å². The highest BCUT2D eigenvalue weighted by molar-refractivity contribution is 5.52. The molecular formula is C19H26N2. The Balaban J connectivity index is 2.21. The molecule has 1 atom stereocenters. The summed E-state index contributed by atoms with van der Waals surface area (Å²) in [4.78, 5) is 2.34. The van der Waals surface area contributed by atoms with Crippen molar-refractivity contribution in [1.82, 2.24) is 5.32 Å². The third-order valence-corrected chi connectivity index (χ3v) is 4.00. The number of nitrogens with zero attached hydrogens (tertiary/aromatic N) is 1. The summed E-state index contributed by atoms with van der Waals surface area (Å²) < 4.78 is 0. The average Bonchev–Trinajstić information content (AvgIpc) is 2.47. The SMILES string of the molecule is CCNC(CN(C)c1ccccc1C)c1ccccc1C. The predicted molar refractivity (Wildman–Crippen MR) is 92.0 cm³/mol. The molecule has 0 bridgehead atoms. The van der Waals surface area contributed by atoms with Crippen molar-refractivity contribution in [3.05, 3.63) is 65.2 Å². The van der Waals surface area contributed by atoms with Gasteiger partial charge in [0.2, 0.25) is 0 Å². The summed E-state index contributed by atoms with van der Waals surface area (Å²) in [6.07, 6.45) is 0. The molecule has 2 rings (SSSR count). The van der Waals surface area contributed by atoms with E-state index in [2.05, 4.69) is 86.6 Å². The summed E-state index contributed by atoms with van der Waals surface area (Å²) >= 11 is 0. The lowest BCUT2D eigenvalue weighted by Gasteiger charge is -2.28. The Morgan fingerprint density at radius 1 is 0.952 bits per heavy atom. The number of nitrogens with one attached hydrogen (secondary N) is 1. The summed E-state index contributed by atoms with van der Waals surface area (Å²) in [5.41, 5.74) is 5.36. The van der Waals surface area contributed by atoms with Crippen LogP contribution < -0.4 is 10.2 Å². The lowest BCUT2D eigenvalue weighted by Crippen LogP contribution is -2.33. The molecule has 0 fully saturated rings. The summed E-state index contributed by atoms with van der Waals surface area (Å²) in [7, 11) is 2.17. The van der Waals surface area contributed by atoms with Gasteiger partial charge in [0.1, 0.15) is 0 Å². The van der Waals surface area contributed by atoms with Crippen LogP contribution in [-0.2, 0) is 0 Å². The number of hydrogen-bond acceptors (Lipinski definition) is 2. The van der Waals surface area contributed by atoms with Crippen molar-refractivity contribution < 1.29 is 0 Å². The molecule has 2 aromatic rings. The number of hydrogen-bond donors (Lipinski definition) is 1. The second-order valence-electron chi connectivity index (χ2n) is 5.63. The molecule has 0 saturated carbocycles. The molecule has 0 saturated heterocycles. The van der Waals surface area contributed by atoms with Gasteiger partial charge in [0.15, 0.2) is 0 Å². The molecule has 0 spiro atoms. The third kappa shape index (κ3) is 3.85. The highest BCUT2D eigenvalue weighted by Crippen LogP contribution is 2.23. The van der Waals surface area contributed by atoms with Crippen molar-refractivity contribution in [1.29, 1.82) is 0 Å². The average molecular weight is 282 g/mol. The minimum Gasteiger partial charge on any atom is -0.372 e. The topological polar surface area (TPSA) is 15.3 Å². The predicted octanol–water partition coefficient (Wildman–Crippen LogP) is 4.09. The highest BCUT2D eigenvalue weighted by atomic mass is 15.1. The van der Waals surface area contributed by atoms with E-state index in [1.807, 2.05) is 0 Å². The number of rotatable bonds is 6. The van der Waals surface area contributed by atoms with Crippen LogP contribution in [-0.4, -0.2) is 20.1 Å². The van der Waals surface area contributed by atoms with E-state index in [-0.39, 0.29) is 0 Å². The van der Waals surface area contributed by atoms with Gasteiger partial charge in [-0.1, -0.05) is 49.4 Å². The molecule has 0 amide bonds. The third-order valence-electron chi connectivity index (χ3n) is 4.00. The molecule has 0 heterocycles. The van der Waals surface area contributed by atoms with Crippen molar-refractivity contribution in [3.8, 4) is 0 Å². The Bertz CT molecular complexity index is 577. The van der Waals surface area contributed by atoms with Gasteiger partial charge in [0.25, 0.3) is 0 Å². The lowest BCUT2D eigenvalue weighted by atomic mass is 10.0. The maximum Gasteiger partial charge on any atom is 0.0500 e. The van der Waals surface area contributed by atoms with E-state index in [9.17, 15) is 0 Å². The van der Waals surface area contributed by atoms with E-state index in [1.165, 1.54) is 22.4 Å². The van der Waals surface area contributed by atoms with E-state index in [0.29, 0.717) is 6.04 Å². The van der Waals surface area contributed by atoms with Crippen molar-refractivity contribution in [3.63, 3.8) is 0 Å². The summed E-state index contributed by atoms with van der Waals surface area (Å²) in [5, 5.41) is 3.62. The van der Waals surface area contributed by atoms with Gasteiger partial charge in [-0.15, -0.1) is 0 Å². The Labute approximate surface area is 128 Å². The first kappa shape index (κ1) is 15.6. The van der Waals surface area contributed by atoms with Crippen molar-refractivity contribution in [2.45, 2.75) is 26.8 Å². The van der Waals surface area contributed by atoms with Crippen molar-refractivity contribution >= 4 is 5.69 Å². The van der Waals surface area contributed by atoms with Crippen LogP contribution in [0.3, 0.4) is 0 Å². The molecule has 1 N–H and O–H groups in total. The molecule has 0 aliphatic carbocycles. The molecule has 2 nitrogen and oxygen atoms in total. The molecule has 0 radical (unpaired) electrons. The van der Waals surface area contributed by atoms with E-state index >= 15 is 0 Å². The first-order chi connectivity index (χ1) is 10.1.